The Hall–Kier alpha value is -2.80. The number of benzene rings is 2. The molecular formula is C22H22N2O4S. The third-order valence-corrected chi connectivity index (χ3v) is 6.38. The summed E-state index contributed by atoms with van der Waals surface area (Å²) in [6.45, 7) is 0. The molecule has 6 nitrogen and oxygen atoms in total. The lowest BCUT2D eigenvalue weighted by atomic mass is 9.99. The highest BCUT2D eigenvalue weighted by Crippen LogP contribution is 2.34. The quantitative estimate of drug-likeness (QED) is 0.592. The van der Waals surface area contributed by atoms with Crippen molar-refractivity contribution in [3.63, 3.8) is 0 Å². The zero-order valence-electron chi connectivity index (χ0n) is 16.4. The SMILES string of the molecule is COc1ccc(-n2c(S[C@@H]3CCCCC3=O)nc3ccccc3c2=O)cc1OC. The maximum absolute atomic E-state index is 13.4. The van der Waals surface area contributed by atoms with Gasteiger partial charge in [-0.2, -0.15) is 0 Å². The molecule has 0 amide bonds. The summed E-state index contributed by atoms with van der Waals surface area (Å²) in [4.78, 5) is 30.5. The molecule has 0 saturated heterocycles. The number of carbonyl (C=O) groups is 1. The number of nitrogens with zero attached hydrogens (tertiary/aromatic N) is 2. The first-order valence-electron chi connectivity index (χ1n) is 9.56. The number of methoxy groups -OCH3 is 2. The van der Waals surface area contributed by atoms with Gasteiger partial charge in [-0.25, -0.2) is 4.98 Å². The third-order valence-electron chi connectivity index (χ3n) is 5.12. The van der Waals surface area contributed by atoms with Gasteiger partial charge in [0.1, 0.15) is 5.78 Å². The van der Waals surface area contributed by atoms with Gasteiger partial charge in [-0.15, -0.1) is 0 Å². The largest absolute Gasteiger partial charge is 0.493 e. The molecule has 0 aliphatic heterocycles. The summed E-state index contributed by atoms with van der Waals surface area (Å²) < 4.78 is 12.3. The van der Waals surface area contributed by atoms with Crippen molar-refractivity contribution in [2.24, 2.45) is 0 Å². The standard InChI is InChI=1S/C22H22N2O4S/c1-27-18-12-11-14(13-19(18)28-2)24-21(26)15-7-3-4-8-16(15)23-22(24)29-20-10-6-5-9-17(20)25/h3-4,7-8,11-13,20H,5-6,9-10H2,1-2H3/t20-/m1/s1. The Labute approximate surface area is 172 Å². The zero-order chi connectivity index (χ0) is 20.4. The third kappa shape index (κ3) is 3.74. The topological polar surface area (TPSA) is 70.4 Å². The van der Waals surface area contributed by atoms with E-state index in [1.807, 2.05) is 18.2 Å². The highest BCUT2D eigenvalue weighted by molar-refractivity contribution is 8.00. The predicted molar refractivity (Wildman–Crippen MR) is 114 cm³/mol. The molecule has 4 rings (SSSR count). The van der Waals surface area contributed by atoms with Crippen LogP contribution in [0.1, 0.15) is 25.7 Å². The van der Waals surface area contributed by atoms with Gasteiger partial charge < -0.3 is 9.47 Å². The number of fused-ring (bicyclic) bond motifs is 1. The van der Waals surface area contributed by atoms with E-state index in [9.17, 15) is 9.59 Å². The fraction of sp³-hybridized carbons (Fsp3) is 0.318. The first-order chi connectivity index (χ1) is 14.1. The molecule has 1 heterocycles. The Balaban J connectivity index is 1.90. The van der Waals surface area contributed by atoms with Crippen LogP contribution in [0.4, 0.5) is 0 Å². The van der Waals surface area contributed by atoms with Crippen LogP contribution in [-0.2, 0) is 4.79 Å². The van der Waals surface area contributed by atoms with Crippen molar-refractivity contribution in [2.75, 3.05) is 14.2 Å². The van der Waals surface area contributed by atoms with Crippen LogP contribution in [0.3, 0.4) is 0 Å². The minimum absolute atomic E-state index is 0.173. The monoisotopic (exact) mass is 410 g/mol. The Morgan fingerprint density at radius 2 is 1.83 bits per heavy atom. The van der Waals surface area contributed by atoms with Crippen molar-refractivity contribution < 1.29 is 14.3 Å². The van der Waals surface area contributed by atoms with Crippen LogP contribution in [0.25, 0.3) is 16.6 Å². The lowest BCUT2D eigenvalue weighted by Crippen LogP contribution is -2.26. The molecule has 3 aromatic rings. The molecule has 1 aromatic heterocycles. The first kappa shape index (κ1) is 19.5. The molecule has 1 aliphatic rings. The number of rotatable bonds is 5. The van der Waals surface area contributed by atoms with Crippen LogP contribution in [-0.4, -0.2) is 34.8 Å². The summed E-state index contributed by atoms with van der Waals surface area (Å²) in [7, 11) is 3.12. The molecule has 0 N–H and O–H groups in total. The van der Waals surface area contributed by atoms with Crippen molar-refractivity contribution in [1.29, 1.82) is 0 Å². The number of Topliss-reactive ketones (excluding diaryl/α,β-unsaturated/α-hetero) is 1. The van der Waals surface area contributed by atoms with E-state index in [0.29, 0.717) is 39.7 Å². The van der Waals surface area contributed by atoms with Gasteiger partial charge in [0.05, 0.1) is 36.1 Å². The Bertz CT molecular complexity index is 1130. The summed E-state index contributed by atoms with van der Waals surface area (Å²) in [5, 5.41) is 0.867. The molecule has 1 atom stereocenters. The molecule has 0 radical (unpaired) electrons. The molecule has 2 aromatic carbocycles. The number of carbonyl (C=O) groups excluding carboxylic acids is 1. The van der Waals surface area contributed by atoms with Crippen molar-refractivity contribution in [2.45, 2.75) is 36.1 Å². The average Bonchev–Trinajstić information content (AvgIpc) is 2.75. The van der Waals surface area contributed by atoms with Gasteiger partial charge in [0.2, 0.25) is 0 Å². The molecule has 0 unspecified atom stereocenters. The summed E-state index contributed by atoms with van der Waals surface area (Å²) >= 11 is 1.38. The molecule has 0 bridgehead atoms. The van der Waals surface area contributed by atoms with E-state index in [1.54, 1.807) is 43.1 Å². The molecule has 1 saturated carbocycles. The van der Waals surface area contributed by atoms with Crippen LogP contribution in [0.5, 0.6) is 11.5 Å². The van der Waals surface area contributed by atoms with E-state index in [4.69, 9.17) is 14.5 Å². The maximum atomic E-state index is 13.4. The van der Waals surface area contributed by atoms with E-state index >= 15 is 0 Å². The number of aromatic nitrogens is 2. The van der Waals surface area contributed by atoms with E-state index < -0.39 is 0 Å². The minimum atomic E-state index is -0.178. The van der Waals surface area contributed by atoms with Crippen LogP contribution in [0.15, 0.2) is 52.4 Å². The van der Waals surface area contributed by atoms with Crippen LogP contribution >= 0.6 is 11.8 Å². The molecule has 29 heavy (non-hydrogen) atoms. The van der Waals surface area contributed by atoms with Gasteiger partial charge in [0.15, 0.2) is 16.7 Å². The molecule has 1 aliphatic carbocycles. The van der Waals surface area contributed by atoms with Crippen LogP contribution < -0.4 is 15.0 Å². The molecule has 7 heteroatoms. The Morgan fingerprint density at radius 1 is 1.03 bits per heavy atom. The number of para-hydroxylation sites is 1. The Kier molecular flexibility index (Phi) is 5.58. The molecule has 1 fully saturated rings. The van der Waals surface area contributed by atoms with E-state index in [0.717, 1.165) is 19.3 Å². The molecule has 150 valence electrons. The lowest BCUT2D eigenvalue weighted by molar-refractivity contribution is -0.119. The average molecular weight is 410 g/mol. The van der Waals surface area contributed by atoms with Gasteiger partial charge in [-0.05, 0) is 37.1 Å². The highest BCUT2D eigenvalue weighted by Gasteiger charge is 2.26. The second-order valence-electron chi connectivity index (χ2n) is 6.91. The van der Waals surface area contributed by atoms with Crippen LogP contribution in [0.2, 0.25) is 0 Å². The van der Waals surface area contributed by atoms with Gasteiger partial charge in [-0.3, -0.25) is 14.2 Å². The summed E-state index contributed by atoms with van der Waals surface area (Å²) in [5.74, 6) is 1.33. The molecule has 0 spiro atoms. The van der Waals surface area contributed by atoms with Crippen molar-refractivity contribution in [1.82, 2.24) is 9.55 Å². The fourth-order valence-corrected chi connectivity index (χ4v) is 4.82. The predicted octanol–water partition coefficient (Wildman–Crippen LogP) is 4.01. The first-order valence-corrected chi connectivity index (χ1v) is 10.4. The summed E-state index contributed by atoms with van der Waals surface area (Å²) in [6.07, 6.45) is 3.34. The van der Waals surface area contributed by atoms with Gasteiger partial charge >= 0.3 is 0 Å². The summed E-state index contributed by atoms with van der Waals surface area (Å²) in [6, 6.07) is 12.6. The second kappa shape index (κ2) is 8.29. The lowest BCUT2D eigenvalue weighted by Gasteiger charge is -2.21. The second-order valence-corrected chi connectivity index (χ2v) is 8.08. The number of hydrogen-bond acceptors (Lipinski definition) is 6. The number of ketones is 1. The normalized spacial score (nSPS) is 16.8. The number of ether oxygens (including phenoxy) is 2. The fourth-order valence-electron chi connectivity index (χ4n) is 3.59. The van der Waals surface area contributed by atoms with E-state index in [2.05, 4.69) is 0 Å². The highest BCUT2D eigenvalue weighted by atomic mass is 32.2. The van der Waals surface area contributed by atoms with Gasteiger partial charge in [0.25, 0.3) is 5.56 Å². The van der Waals surface area contributed by atoms with Gasteiger partial charge in [0, 0.05) is 12.5 Å². The minimum Gasteiger partial charge on any atom is -0.493 e. The Morgan fingerprint density at radius 3 is 2.59 bits per heavy atom. The maximum Gasteiger partial charge on any atom is 0.266 e. The molecular weight excluding hydrogens is 388 g/mol. The summed E-state index contributed by atoms with van der Waals surface area (Å²) in [5.41, 5.74) is 1.07. The van der Waals surface area contributed by atoms with Crippen LogP contribution in [0, 0.1) is 0 Å². The smallest absolute Gasteiger partial charge is 0.266 e. The van der Waals surface area contributed by atoms with Gasteiger partial charge in [-0.1, -0.05) is 30.3 Å². The van der Waals surface area contributed by atoms with Crippen molar-refractivity contribution in [3.8, 4) is 17.2 Å². The van der Waals surface area contributed by atoms with Crippen molar-refractivity contribution in [3.05, 3.63) is 52.8 Å². The van der Waals surface area contributed by atoms with E-state index in [1.165, 1.54) is 11.8 Å². The van der Waals surface area contributed by atoms with Crippen molar-refractivity contribution >= 4 is 28.4 Å². The number of hydrogen-bond donors (Lipinski definition) is 0. The van der Waals surface area contributed by atoms with E-state index in [-0.39, 0.29) is 16.6 Å². The number of thioether (sulfide) groups is 1. The zero-order valence-corrected chi connectivity index (χ0v) is 17.2.